The first-order valence-corrected chi connectivity index (χ1v) is 7.59. The SMILES string of the molecule is CC(=O)c1cccc(OCC[C@@H]2CN(C(=O)O)CCN2C(=O)O)c1. The third kappa shape index (κ3) is 4.37. The zero-order valence-corrected chi connectivity index (χ0v) is 13.3. The number of carboxylic acid groups (broad SMARTS) is 2. The van der Waals surface area contributed by atoms with E-state index in [0.29, 0.717) is 17.7 Å². The molecule has 0 saturated carbocycles. The lowest BCUT2D eigenvalue weighted by molar-refractivity contribution is 0.0562. The Balaban J connectivity index is 1.95. The Kier molecular flexibility index (Phi) is 5.62. The summed E-state index contributed by atoms with van der Waals surface area (Å²) < 4.78 is 5.59. The van der Waals surface area contributed by atoms with Crippen LogP contribution in [-0.4, -0.2) is 70.3 Å². The summed E-state index contributed by atoms with van der Waals surface area (Å²) >= 11 is 0. The molecule has 2 amide bonds. The lowest BCUT2D eigenvalue weighted by Crippen LogP contribution is -2.56. The first kappa shape index (κ1) is 17.6. The molecule has 0 spiro atoms. The second-order valence-corrected chi connectivity index (χ2v) is 5.58. The van der Waals surface area contributed by atoms with Gasteiger partial charge in [-0.1, -0.05) is 12.1 Å². The molecule has 1 aromatic rings. The molecule has 1 saturated heterocycles. The van der Waals surface area contributed by atoms with Gasteiger partial charge in [-0.2, -0.15) is 0 Å². The van der Waals surface area contributed by atoms with Gasteiger partial charge in [0.05, 0.1) is 12.6 Å². The smallest absolute Gasteiger partial charge is 0.407 e. The van der Waals surface area contributed by atoms with Gasteiger partial charge in [-0.15, -0.1) is 0 Å². The largest absolute Gasteiger partial charge is 0.493 e. The number of hydrogen-bond donors (Lipinski definition) is 2. The van der Waals surface area contributed by atoms with E-state index in [4.69, 9.17) is 9.84 Å². The number of carbonyl (C=O) groups is 3. The van der Waals surface area contributed by atoms with E-state index in [-0.39, 0.29) is 32.0 Å². The zero-order valence-electron chi connectivity index (χ0n) is 13.3. The fourth-order valence-electron chi connectivity index (χ4n) is 2.65. The van der Waals surface area contributed by atoms with Crippen LogP contribution >= 0.6 is 0 Å². The highest BCUT2D eigenvalue weighted by Gasteiger charge is 2.32. The van der Waals surface area contributed by atoms with Gasteiger partial charge in [-0.3, -0.25) is 4.79 Å². The summed E-state index contributed by atoms with van der Waals surface area (Å²) in [4.78, 5) is 36.1. The van der Waals surface area contributed by atoms with Gasteiger partial charge in [0.2, 0.25) is 0 Å². The van der Waals surface area contributed by atoms with Crippen molar-refractivity contribution >= 4 is 18.0 Å². The number of amides is 2. The van der Waals surface area contributed by atoms with Crippen LogP contribution in [0, 0.1) is 0 Å². The minimum atomic E-state index is -1.07. The van der Waals surface area contributed by atoms with Crippen molar-refractivity contribution in [2.75, 3.05) is 26.2 Å². The van der Waals surface area contributed by atoms with Crippen molar-refractivity contribution in [3.8, 4) is 5.75 Å². The van der Waals surface area contributed by atoms with Crippen molar-refractivity contribution < 1.29 is 29.3 Å². The maximum atomic E-state index is 11.3. The number of hydrogen-bond acceptors (Lipinski definition) is 4. The van der Waals surface area contributed by atoms with Crippen LogP contribution < -0.4 is 4.74 Å². The van der Waals surface area contributed by atoms with E-state index in [9.17, 15) is 19.5 Å². The van der Waals surface area contributed by atoms with Crippen molar-refractivity contribution in [1.29, 1.82) is 0 Å². The van der Waals surface area contributed by atoms with Gasteiger partial charge in [-0.05, 0) is 19.1 Å². The Morgan fingerprint density at radius 3 is 2.58 bits per heavy atom. The monoisotopic (exact) mass is 336 g/mol. The van der Waals surface area contributed by atoms with E-state index in [1.54, 1.807) is 24.3 Å². The lowest BCUT2D eigenvalue weighted by Gasteiger charge is -2.38. The second kappa shape index (κ2) is 7.67. The highest BCUT2D eigenvalue weighted by atomic mass is 16.5. The molecule has 0 bridgehead atoms. The van der Waals surface area contributed by atoms with Crippen LogP contribution in [0.5, 0.6) is 5.75 Å². The average molecular weight is 336 g/mol. The van der Waals surface area contributed by atoms with Gasteiger partial charge in [-0.25, -0.2) is 9.59 Å². The van der Waals surface area contributed by atoms with Gasteiger partial charge in [0, 0.05) is 31.6 Å². The Morgan fingerprint density at radius 2 is 1.96 bits per heavy atom. The molecule has 1 heterocycles. The molecule has 1 aromatic carbocycles. The number of nitrogens with zero attached hydrogens (tertiary/aromatic N) is 2. The predicted octanol–water partition coefficient (Wildman–Crippen LogP) is 2.00. The van der Waals surface area contributed by atoms with E-state index in [1.165, 1.54) is 16.7 Å². The standard InChI is InChI=1S/C16H20N2O6/c1-11(19)12-3-2-4-14(9-12)24-8-5-13-10-17(15(20)21)6-7-18(13)16(22)23/h2-4,9,13H,5-8,10H2,1H3,(H,20,21)(H,22,23)/t13-/m1/s1. The summed E-state index contributed by atoms with van der Waals surface area (Å²) in [7, 11) is 0. The molecule has 8 nitrogen and oxygen atoms in total. The van der Waals surface area contributed by atoms with E-state index in [2.05, 4.69) is 0 Å². The lowest BCUT2D eigenvalue weighted by atomic mass is 10.1. The number of ketones is 1. The van der Waals surface area contributed by atoms with E-state index >= 15 is 0 Å². The normalized spacial score (nSPS) is 17.5. The fourth-order valence-corrected chi connectivity index (χ4v) is 2.65. The summed E-state index contributed by atoms with van der Waals surface area (Å²) in [5, 5.41) is 18.3. The van der Waals surface area contributed by atoms with Crippen LogP contribution in [-0.2, 0) is 0 Å². The summed E-state index contributed by atoms with van der Waals surface area (Å²) in [6.45, 7) is 2.12. The molecule has 2 N–H and O–H groups in total. The molecule has 24 heavy (non-hydrogen) atoms. The van der Waals surface area contributed by atoms with Crippen LogP contribution in [0.4, 0.5) is 9.59 Å². The fraction of sp³-hybridized carbons (Fsp3) is 0.438. The molecule has 1 aliphatic rings. The number of Topliss-reactive ketones (excluding diaryl/α,β-unsaturated/α-hetero) is 1. The third-order valence-electron chi connectivity index (χ3n) is 3.96. The number of benzene rings is 1. The second-order valence-electron chi connectivity index (χ2n) is 5.58. The molecular weight excluding hydrogens is 316 g/mol. The van der Waals surface area contributed by atoms with Crippen LogP contribution in [0.1, 0.15) is 23.7 Å². The van der Waals surface area contributed by atoms with Crippen molar-refractivity contribution in [2.24, 2.45) is 0 Å². The van der Waals surface area contributed by atoms with Crippen molar-refractivity contribution in [3.05, 3.63) is 29.8 Å². The highest BCUT2D eigenvalue weighted by Crippen LogP contribution is 2.17. The summed E-state index contributed by atoms with van der Waals surface area (Å²) in [5.74, 6) is 0.456. The maximum absolute atomic E-state index is 11.3. The summed E-state index contributed by atoms with van der Waals surface area (Å²) in [6, 6.07) is 6.28. The molecule has 0 unspecified atom stereocenters. The molecule has 130 valence electrons. The van der Waals surface area contributed by atoms with Crippen molar-refractivity contribution in [3.63, 3.8) is 0 Å². The van der Waals surface area contributed by atoms with Crippen LogP contribution in [0.2, 0.25) is 0 Å². The molecule has 0 aliphatic carbocycles. The molecule has 1 aliphatic heterocycles. The van der Waals surface area contributed by atoms with Crippen LogP contribution in [0.3, 0.4) is 0 Å². The number of piperazine rings is 1. The van der Waals surface area contributed by atoms with E-state index < -0.39 is 18.2 Å². The van der Waals surface area contributed by atoms with Gasteiger partial charge < -0.3 is 24.7 Å². The Labute approximate surface area is 139 Å². The van der Waals surface area contributed by atoms with E-state index in [0.717, 1.165) is 0 Å². The van der Waals surface area contributed by atoms with Gasteiger partial charge in [0.1, 0.15) is 5.75 Å². The zero-order chi connectivity index (χ0) is 17.7. The molecule has 0 radical (unpaired) electrons. The van der Waals surface area contributed by atoms with Crippen LogP contribution in [0.15, 0.2) is 24.3 Å². The van der Waals surface area contributed by atoms with Gasteiger partial charge >= 0.3 is 12.2 Å². The van der Waals surface area contributed by atoms with E-state index in [1.807, 2.05) is 0 Å². The number of carbonyl (C=O) groups excluding carboxylic acids is 1. The summed E-state index contributed by atoms with van der Waals surface area (Å²) in [6.07, 6.45) is -1.76. The first-order valence-electron chi connectivity index (χ1n) is 7.59. The molecule has 1 fully saturated rings. The Hall–Kier alpha value is -2.77. The van der Waals surface area contributed by atoms with Gasteiger partial charge in [0.25, 0.3) is 0 Å². The third-order valence-corrected chi connectivity index (χ3v) is 3.96. The highest BCUT2D eigenvalue weighted by molar-refractivity contribution is 5.94. The predicted molar refractivity (Wildman–Crippen MR) is 84.7 cm³/mol. The Bertz CT molecular complexity index is 633. The minimum absolute atomic E-state index is 0.0677. The van der Waals surface area contributed by atoms with Crippen molar-refractivity contribution in [2.45, 2.75) is 19.4 Å². The molecule has 1 atom stereocenters. The minimum Gasteiger partial charge on any atom is -0.493 e. The molecule has 0 aromatic heterocycles. The number of rotatable bonds is 5. The summed E-state index contributed by atoms with van der Waals surface area (Å²) in [5.41, 5.74) is 0.536. The average Bonchev–Trinajstić information content (AvgIpc) is 2.54. The molecule has 8 heteroatoms. The first-order chi connectivity index (χ1) is 11.4. The molecule has 2 rings (SSSR count). The number of ether oxygens (including phenoxy) is 1. The maximum Gasteiger partial charge on any atom is 0.407 e. The molecular formula is C16H20N2O6. The van der Waals surface area contributed by atoms with Crippen LogP contribution in [0.25, 0.3) is 0 Å². The Morgan fingerprint density at radius 1 is 1.21 bits per heavy atom. The van der Waals surface area contributed by atoms with Gasteiger partial charge in [0.15, 0.2) is 5.78 Å². The van der Waals surface area contributed by atoms with Crippen molar-refractivity contribution in [1.82, 2.24) is 9.80 Å². The topological polar surface area (TPSA) is 107 Å². The quantitative estimate of drug-likeness (QED) is 0.796.